The molecular weight excluding hydrogens is 441 g/mol. The number of rotatable bonds is 6. The summed E-state index contributed by atoms with van der Waals surface area (Å²) in [6.45, 7) is 8.19. The van der Waals surface area contributed by atoms with Crippen LogP contribution in [0, 0.1) is 0 Å². The summed E-state index contributed by atoms with van der Waals surface area (Å²) in [5, 5.41) is 9.96. The van der Waals surface area contributed by atoms with Crippen molar-refractivity contribution in [1.82, 2.24) is 4.98 Å². The van der Waals surface area contributed by atoms with E-state index in [0.29, 0.717) is 34.1 Å². The summed E-state index contributed by atoms with van der Waals surface area (Å²) < 4.78 is 18.4. The van der Waals surface area contributed by atoms with Gasteiger partial charge in [0.15, 0.2) is 0 Å². The molecule has 1 saturated heterocycles. The van der Waals surface area contributed by atoms with Crippen molar-refractivity contribution in [2.75, 3.05) is 0 Å². The second kappa shape index (κ2) is 8.82. The Bertz CT molecular complexity index is 1170. The Kier molecular flexibility index (Phi) is 6.23. The minimum Gasteiger partial charge on any atom is -0.487 e. The van der Waals surface area contributed by atoms with Gasteiger partial charge in [0.1, 0.15) is 18.1 Å². The lowest BCUT2D eigenvalue weighted by Gasteiger charge is -2.32. The van der Waals surface area contributed by atoms with E-state index < -0.39 is 24.3 Å². The number of pyridine rings is 1. The Labute approximate surface area is 198 Å². The summed E-state index contributed by atoms with van der Waals surface area (Å²) in [6, 6.07) is 18.1. The first-order chi connectivity index (χ1) is 15.6. The third-order valence-electron chi connectivity index (χ3n) is 6.09. The van der Waals surface area contributed by atoms with Gasteiger partial charge in [-0.15, -0.1) is 0 Å². The van der Waals surface area contributed by atoms with Crippen molar-refractivity contribution in [2.24, 2.45) is 0 Å². The number of carboxylic acid groups (broad SMARTS) is 1. The maximum atomic E-state index is 11.6. The van der Waals surface area contributed by atoms with Crippen LogP contribution in [0.25, 0.3) is 11.3 Å². The molecule has 0 spiro atoms. The normalized spacial score (nSPS) is 16.6. The molecular formula is C25H25BClNO5. The first-order valence-corrected chi connectivity index (χ1v) is 11.0. The van der Waals surface area contributed by atoms with Crippen molar-refractivity contribution >= 4 is 30.2 Å². The topological polar surface area (TPSA) is 77.9 Å². The first-order valence-electron chi connectivity index (χ1n) is 10.6. The van der Waals surface area contributed by atoms with E-state index in [-0.39, 0.29) is 5.69 Å². The van der Waals surface area contributed by atoms with Crippen LogP contribution in [0.1, 0.15) is 43.7 Å². The number of ether oxygens (including phenoxy) is 1. The predicted octanol–water partition coefficient (Wildman–Crippen LogP) is 4.98. The highest BCUT2D eigenvalue weighted by atomic mass is 35.5. The van der Waals surface area contributed by atoms with Gasteiger partial charge in [0.05, 0.1) is 21.9 Å². The molecule has 170 valence electrons. The van der Waals surface area contributed by atoms with Gasteiger partial charge >= 0.3 is 13.1 Å². The molecule has 1 aliphatic rings. The van der Waals surface area contributed by atoms with Crippen LogP contribution < -0.4 is 10.2 Å². The van der Waals surface area contributed by atoms with Crippen molar-refractivity contribution in [3.05, 3.63) is 76.9 Å². The van der Waals surface area contributed by atoms with E-state index in [1.165, 1.54) is 6.07 Å². The van der Waals surface area contributed by atoms with Crippen molar-refractivity contribution in [1.29, 1.82) is 0 Å². The van der Waals surface area contributed by atoms with Crippen molar-refractivity contribution in [3.63, 3.8) is 0 Å². The van der Waals surface area contributed by atoms with Gasteiger partial charge in [-0.1, -0.05) is 54.1 Å². The molecule has 33 heavy (non-hydrogen) atoms. The molecule has 0 saturated carbocycles. The van der Waals surface area contributed by atoms with E-state index in [2.05, 4.69) is 4.98 Å². The number of hydrogen-bond acceptors (Lipinski definition) is 5. The third-order valence-corrected chi connectivity index (χ3v) is 6.41. The van der Waals surface area contributed by atoms with Crippen LogP contribution in [0.4, 0.5) is 0 Å². The summed E-state index contributed by atoms with van der Waals surface area (Å²) in [5.41, 5.74) is 1.55. The van der Waals surface area contributed by atoms with Gasteiger partial charge in [-0.2, -0.15) is 0 Å². The van der Waals surface area contributed by atoms with E-state index in [1.54, 1.807) is 24.3 Å². The van der Waals surface area contributed by atoms with Crippen LogP contribution in [-0.4, -0.2) is 34.4 Å². The standard InChI is InChI=1S/C25H25BClNO5/c1-24(2)25(3,4)33-26(32-24)18-11-13-20(23(29)30)28-22(18)17-10-12-19(27)21(14-17)31-15-16-8-6-5-7-9-16/h5-14H,15H2,1-4H3,(H,29,30). The molecule has 2 aromatic carbocycles. The Morgan fingerprint density at radius 2 is 1.70 bits per heavy atom. The second-order valence-corrected chi connectivity index (χ2v) is 9.35. The van der Waals surface area contributed by atoms with Crippen molar-refractivity contribution in [3.8, 4) is 17.0 Å². The van der Waals surface area contributed by atoms with Gasteiger partial charge in [0, 0.05) is 11.0 Å². The molecule has 2 heterocycles. The quantitative estimate of drug-likeness (QED) is 0.517. The summed E-state index contributed by atoms with van der Waals surface area (Å²) in [4.78, 5) is 16.0. The number of nitrogens with zero attached hydrogens (tertiary/aromatic N) is 1. The number of aromatic carboxylic acids is 1. The third kappa shape index (κ3) is 4.76. The zero-order chi connectivity index (χ0) is 23.8. The Morgan fingerprint density at radius 3 is 2.33 bits per heavy atom. The second-order valence-electron chi connectivity index (χ2n) is 8.95. The monoisotopic (exact) mass is 465 g/mol. The van der Waals surface area contributed by atoms with E-state index >= 15 is 0 Å². The molecule has 1 fully saturated rings. The molecule has 1 aromatic heterocycles. The maximum Gasteiger partial charge on any atom is 0.497 e. The van der Waals surface area contributed by atoms with Gasteiger partial charge in [-0.3, -0.25) is 0 Å². The fourth-order valence-corrected chi connectivity index (χ4v) is 3.65. The van der Waals surface area contributed by atoms with Crippen LogP contribution in [0.15, 0.2) is 60.7 Å². The zero-order valence-corrected chi connectivity index (χ0v) is 19.7. The van der Waals surface area contributed by atoms with Crippen LogP contribution in [0.2, 0.25) is 5.02 Å². The van der Waals surface area contributed by atoms with Gasteiger partial charge in [-0.25, -0.2) is 9.78 Å². The summed E-state index contributed by atoms with van der Waals surface area (Å²) in [7, 11) is -0.704. The van der Waals surface area contributed by atoms with Crippen molar-refractivity contribution in [2.45, 2.75) is 45.5 Å². The minimum atomic E-state index is -1.12. The summed E-state index contributed by atoms with van der Waals surface area (Å²) >= 11 is 6.38. The van der Waals surface area contributed by atoms with Crippen LogP contribution in [0.5, 0.6) is 5.75 Å². The Hall–Kier alpha value is -2.87. The molecule has 8 heteroatoms. The molecule has 0 atom stereocenters. The molecule has 3 aromatic rings. The highest BCUT2D eigenvalue weighted by molar-refractivity contribution is 6.63. The highest BCUT2D eigenvalue weighted by Crippen LogP contribution is 2.38. The number of carbonyl (C=O) groups is 1. The molecule has 0 unspecified atom stereocenters. The Morgan fingerprint density at radius 1 is 1.03 bits per heavy atom. The molecule has 1 aliphatic heterocycles. The number of hydrogen-bond donors (Lipinski definition) is 1. The molecule has 0 amide bonds. The minimum absolute atomic E-state index is 0.0769. The average molecular weight is 466 g/mol. The van der Waals surface area contributed by atoms with E-state index in [0.717, 1.165) is 5.56 Å². The van der Waals surface area contributed by atoms with E-state index in [4.69, 9.17) is 25.6 Å². The average Bonchev–Trinajstić information content (AvgIpc) is 3.00. The highest BCUT2D eigenvalue weighted by Gasteiger charge is 2.52. The molecule has 0 bridgehead atoms. The van der Waals surface area contributed by atoms with Crippen LogP contribution in [0.3, 0.4) is 0 Å². The Balaban J connectivity index is 1.73. The fraction of sp³-hybridized carbons (Fsp3) is 0.280. The molecule has 1 N–H and O–H groups in total. The van der Waals surface area contributed by atoms with Gasteiger partial charge < -0.3 is 19.2 Å². The zero-order valence-electron chi connectivity index (χ0n) is 19.0. The lowest BCUT2D eigenvalue weighted by Crippen LogP contribution is -2.41. The lowest BCUT2D eigenvalue weighted by molar-refractivity contribution is 0.00578. The fourth-order valence-electron chi connectivity index (χ4n) is 3.48. The van der Waals surface area contributed by atoms with Gasteiger partial charge in [0.2, 0.25) is 0 Å². The van der Waals surface area contributed by atoms with Gasteiger partial charge in [-0.05, 0) is 51.5 Å². The van der Waals surface area contributed by atoms with Gasteiger partial charge in [0.25, 0.3) is 0 Å². The number of aromatic nitrogens is 1. The molecule has 4 rings (SSSR count). The molecule has 6 nitrogen and oxygen atoms in total. The van der Waals surface area contributed by atoms with Crippen LogP contribution in [-0.2, 0) is 15.9 Å². The first kappa shape index (κ1) is 23.3. The maximum absolute atomic E-state index is 11.6. The lowest BCUT2D eigenvalue weighted by atomic mass is 9.76. The largest absolute Gasteiger partial charge is 0.497 e. The van der Waals surface area contributed by atoms with Crippen LogP contribution >= 0.6 is 11.6 Å². The summed E-state index contributed by atoms with van der Waals surface area (Å²) in [6.07, 6.45) is 0. The number of halogens is 1. The smallest absolute Gasteiger partial charge is 0.487 e. The number of carboxylic acids is 1. The number of benzene rings is 2. The molecule has 0 radical (unpaired) electrons. The van der Waals surface area contributed by atoms with Crippen molar-refractivity contribution < 1.29 is 23.9 Å². The SMILES string of the molecule is CC1(C)OB(c2ccc(C(=O)O)nc2-c2ccc(Cl)c(OCc3ccccc3)c2)OC1(C)C. The van der Waals surface area contributed by atoms with E-state index in [1.807, 2.05) is 58.0 Å². The molecule has 0 aliphatic carbocycles. The van der Waals surface area contributed by atoms with E-state index in [9.17, 15) is 9.90 Å². The summed E-state index contributed by atoms with van der Waals surface area (Å²) in [5.74, 6) is -0.647. The predicted molar refractivity (Wildman–Crippen MR) is 128 cm³/mol.